The molecule has 4 nitrogen and oxygen atoms in total. The van der Waals surface area contributed by atoms with Crippen LogP contribution in [0.15, 0.2) is 48.5 Å². The normalized spacial score (nSPS) is 17.6. The Kier molecular flexibility index (Phi) is 6.82. The molecule has 2 amide bonds. The van der Waals surface area contributed by atoms with Crippen LogP contribution in [0.2, 0.25) is 0 Å². The average Bonchev–Trinajstić information content (AvgIpc) is 2.78. The van der Waals surface area contributed by atoms with E-state index in [0.29, 0.717) is 17.4 Å². The van der Waals surface area contributed by atoms with Gasteiger partial charge in [0, 0.05) is 42.6 Å². The molecule has 0 radical (unpaired) electrons. The molecule has 0 bridgehead atoms. The summed E-state index contributed by atoms with van der Waals surface area (Å²) in [6.45, 7) is 3.21. The topological polar surface area (TPSA) is 40.6 Å². The van der Waals surface area contributed by atoms with Crippen LogP contribution in [0.3, 0.4) is 0 Å². The van der Waals surface area contributed by atoms with Gasteiger partial charge >= 0.3 is 0 Å². The molecule has 0 spiro atoms. The number of likely N-dealkylation sites (tertiary alicyclic amines) is 2. The molecular formula is C25H28FN2O2P. The van der Waals surface area contributed by atoms with E-state index in [4.69, 9.17) is 0 Å². The van der Waals surface area contributed by atoms with Gasteiger partial charge in [0.1, 0.15) is 5.82 Å². The van der Waals surface area contributed by atoms with Gasteiger partial charge in [-0.2, -0.15) is 0 Å². The predicted octanol–water partition coefficient (Wildman–Crippen LogP) is 4.23. The van der Waals surface area contributed by atoms with E-state index in [1.165, 1.54) is 12.1 Å². The number of hydrogen-bond acceptors (Lipinski definition) is 2. The Morgan fingerprint density at radius 3 is 1.94 bits per heavy atom. The molecule has 2 saturated heterocycles. The van der Waals surface area contributed by atoms with Gasteiger partial charge in [0.25, 0.3) is 11.8 Å². The summed E-state index contributed by atoms with van der Waals surface area (Å²) in [5.74, 6) is 1.01. The van der Waals surface area contributed by atoms with E-state index < -0.39 is 0 Å². The van der Waals surface area contributed by atoms with Crippen molar-refractivity contribution in [1.82, 2.24) is 9.80 Å². The molecule has 162 valence electrons. The highest BCUT2D eigenvalue weighted by Crippen LogP contribution is 2.29. The van der Waals surface area contributed by atoms with E-state index in [2.05, 4.69) is 6.30 Å². The SMILES string of the molecule is C=Pc1ccc(C(=O)N2CC(CCC3CCN(C(=O)c4ccc(F)cc4)CC3)C2)cc1. The molecule has 2 aromatic carbocycles. The quantitative estimate of drug-likeness (QED) is 0.634. The molecular weight excluding hydrogens is 410 g/mol. The molecule has 0 aromatic heterocycles. The van der Waals surface area contributed by atoms with Gasteiger partial charge in [0.15, 0.2) is 0 Å². The third-order valence-corrected chi connectivity index (χ3v) is 7.18. The van der Waals surface area contributed by atoms with Crippen molar-refractivity contribution in [2.45, 2.75) is 25.7 Å². The van der Waals surface area contributed by atoms with Gasteiger partial charge in [-0.25, -0.2) is 4.39 Å². The molecule has 2 fully saturated rings. The number of amides is 2. The van der Waals surface area contributed by atoms with Crippen LogP contribution in [-0.2, 0) is 0 Å². The standard InChI is InChI=1S/C25H28FN2O2P/c1-31-23-10-6-21(7-11-23)25(30)28-16-19(17-28)3-2-18-12-14-27(15-13-18)24(29)20-4-8-22(26)9-5-20/h4-11,18-19H,1-3,12-17H2. The summed E-state index contributed by atoms with van der Waals surface area (Å²) in [6, 6.07) is 13.5. The maximum Gasteiger partial charge on any atom is 0.253 e. The average molecular weight is 438 g/mol. The molecule has 2 aliphatic heterocycles. The van der Waals surface area contributed by atoms with Crippen LogP contribution in [0.5, 0.6) is 0 Å². The monoisotopic (exact) mass is 438 g/mol. The number of benzene rings is 2. The summed E-state index contributed by atoms with van der Waals surface area (Å²) in [7, 11) is 0.967. The Hall–Kier alpha value is -2.52. The van der Waals surface area contributed by atoms with E-state index in [1.54, 1.807) is 12.1 Å². The van der Waals surface area contributed by atoms with Gasteiger partial charge in [-0.3, -0.25) is 9.59 Å². The molecule has 0 saturated carbocycles. The minimum atomic E-state index is -0.321. The Labute approximate surface area is 184 Å². The summed E-state index contributed by atoms with van der Waals surface area (Å²) in [5, 5.41) is 1.11. The van der Waals surface area contributed by atoms with Crippen LogP contribution in [0.4, 0.5) is 4.39 Å². The van der Waals surface area contributed by atoms with Crippen LogP contribution in [0.25, 0.3) is 0 Å². The fourth-order valence-corrected chi connectivity index (χ4v) is 4.84. The summed E-state index contributed by atoms with van der Waals surface area (Å²) >= 11 is 0. The number of piperidine rings is 1. The summed E-state index contributed by atoms with van der Waals surface area (Å²) in [4.78, 5) is 28.9. The second-order valence-electron chi connectivity index (χ2n) is 8.60. The van der Waals surface area contributed by atoms with Gasteiger partial charge in [0.05, 0.1) is 0 Å². The first kappa shape index (κ1) is 21.7. The fraction of sp³-hybridized carbons (Fsp3) is 0.400. The highest BCUT2D eigenvalue weighted by Gasteiger charge is 2.32. The van der Waals surface area contributed by atoms with E-state index >= 15 is 0 Å². The van der Waals surface area contributed by atoms with Crippen LogP contribution in [-0.4, -0.2) is 54.1 Å². The van der Waals surface area contributed by atoms with Crippen LogP contribution < -0.4 is 5.30 Å². The van der Waals surface area contributed by atoms with Crippen LogP contribution >= 0.6 is 8.20 Å². The highest BCUT2D eigenvalue weighted by molar-refractivity contribution is 7.45. The third kappa shape index (κ3) is 5.22. The molecule has 0 atom stereocenters. The molecule has 0 unspecified atom stereocenters. The number of carbonyl (C=O) groups is 2. The number of rotatable bonds is 6. The lowest BCUT2D eigenvalue weighted by atomic mass is 9.85. The number of nitrogens with zero attached hydrogens (tertiary/aromatic N) is 2. The molecule has 4 rings (SSSR count). The molecule has 0 aliphatic carbocycles. The van der Waals surface area contributed by atoms with Crippen molar-refractivity contribution >= 4 is 31.6 Å². The molecule has 31 heavy (non-hydrogen) atoms. The third-order valence-electron chi connectivity index (χ3n) is 6.52. The van der Waals surface area contributed by atoms with Crippen molar-refractivity contribution in [1.29, 1.82) is 0 Å². The minimum absolute atomic E-state index is 0.00522. The largest absolute Gasteiger partial charge is 0.339 e. The van der Waals surface area contributed by atoms with E-state index in [1.807, 2.05) is 34.1 Å². The molecule has 2 heterocycles. The zero-order valence-electron chi connectivity index (χ0n) is 17.7. The van der Waals surface area contributed by atoms with Gasteiger partial charge in [0.2, 0.25) is 0 Å². The first-order chi connectivity index (χ1) is 15.0. The van der Waals surface area contributed by atoms with E-state index in [9.17, 15) is 14.0 Å². The Morgan fingerprint density at radius 2 is 1.35 bits per heavy atom. The van der Waals surface area contributed by atoms with Crippen molar-refractivity contribution < 1.29 is 14.0 Å². The zero-order valence-corrected chi connectivity index (χ0v) is 18.6. The zero-order chi connectivity index (χ0) is 21.8. The van der Waals surface area contributed by atoms with E-state index in [0.717, 1.165) is 70.9 Å². The minimum Gasteiger partial charge on any atom is -0.339 e. The van der Waals surface area contributed by atoms with Crippen LogP contribution in [0.1, 0.15) is 46.4 Å². The van der Waals surface area contributed by atoms with Gasteiger partial charge in [-0.05, 0) is 86.1 Å². The summed E-state index contributed by atoms with van der Waals surface area (Å²) in [6.07, 6.45) is 8.16. The maximum atomic E-state index is 13.1. The number of carbonyl (C=O) groups excluding carboxylic acids is 2. The Bertz CT molecular complexity index is 931. The molecule has 0 N–H and O–H groups in total. The second kappa shape index (κ2) is 9.74. The molecule has 2 aliphatic rings. The highest BCUT2D eigenvalue weighted by atomic mass is 31.1. The van der Waals surface area contributed by atoms with Crippen molar-refractivity contribution in [2.24, 2.45) is 11.8 Å². The lowest BCUT2D eigenvalue weighted by Gasteiger charge is -2.40. The smallest absolute Gasteiger partial charge is 0.253 e. The van der Waals surface area contributed by atoms with Gasteiger partial charge in [-0.1, -0.05) is 14.5 Å². The lowest BCUT2D eigenvalue weighted by Crippen LogP contribution is -2.50. The number of hydrogen-bond donors (Lipinski definition) is 0. The second-order valence-corrected chi connectivity index (χ2v) is 9.43. The maximum absolute atomic E-state index is 13.1. The molecule has 6 heteroatoms. The van der Waals surface area contributed by atoms with Crippen molar-refractivity contribution in [2.75, 3.05) is 26.2 Å². The Balaban J connectivity index is 1.16. The molecule has 2 aromatic rings. The van der Waals surface area contributed by atoms with Gasteiger partial charge in [-0.15, -0.1) is 0 Å². The van der Waals surface area contributed by atoms with E-state index in [-0.39, 0.29) is 17.6 Å². The number of halogens is 1. The van der Waals surface area contributed by atoms with Crippen molar-refractivity contribution in [3.05, 3.63) is 65.5 Å². The van der Waals surface area contributed by atoms with Crippen molar-refractivity contribution in [3.8, 4) is 0 Å². The summed E-state index contributed by atoms with van der Waals surface area (Å²) in [5.41, 5.74) is 1.31. The van der Waals surface area contributed by atoms with Crippen LogP contribution in [0, 0.1) is 17.7 Å². The first-order valence-corrected chi connectivity index (χ1v) is 12.0. The summed E-state index contributed by atoms with van der Waals surface area (Å²) < 4.78 is 13.1. The Morgan fingerprint density at radius 1 is 0.839 bits per heavy atom. The fourth-order valence-electron chi connectivity index (χ4n) is 4.48. The first-order valence-electron chi connectivity index (χ1n) is 10.9. The predicted molar refractivity (Wildman–Crippen MR) is 124 cm³/mol. The lowest BCUT2D eigenvalue weighted by molar-refractivity contribution is 0.0462. The van der Waals surface area contributed by atoms with Gasteiger partial charge < -0.3 is 9.80 Å². The van der Waals surface area contributed by atoms with Crippen molar-refractivity contribution in [3.63, 3.8) is 0 Å².